The van der Waals surface area contributed by atoms with Gasteiger partial charge in [-0.3, -0.25) is 4.57 Å². The third-order valence-corrected chi connectivity index (χ3v) is 3.05. The van der Waals surface area contributed by atoms with Gasteiger partial charge in [0.05, 0.1) is 0 Å². The first-order chi connectivity index (χ1) is 7.33. The largest absolute Gasteiger partial charge is 0.345 e. The monoisotopic (exact) mass is 229 g/mol. The molecule has 0 N–H and O–H groups in total. The summed E-state index contributed by atoms with van der Waals surface area (Å²) in [6.45, 7) is 1.54. The highest BCUT2D eigenvalue weighted by Gasteiger charge is 2.15. The highest BCUT2D eigenvalue weighted by Crippen LogP contribution is 2.09. The van der Waals surface area contributed by atoms with Crippen LogP contribution >= 0.6 is 11.6 Å². The third kappa shape index (κ3) is 2.25. The van der Waals surface area contributed by atoms with Crippen molar-refractivity contribution >= 4 is 11.6 Å². The molecule has 1 aliphatic rings. The Morgan fingerprint density at radius 3 is 2.93 bits per heavy atom. The molecule has 5 heteroatoms. The number of hydrogen-bond acceptors (Lipinski definition) is 2. The van der Waals surface area contributed by atoms with E-state index in [1.807, 2.05) is 4.57 Å². The maximum Gasteiger partial charge on any atom is 0.345 e. The molecule has 0 spiro atoms. The minimum absolute atomic E-state index is 0.0549. The number of fused-ring (bicyclic) bond motifs is 1. The topological polar surface area (TPSA) is 39.8 Å². The molecule has 84 valence electrons. The molecule has 0 bridgehead atoms. The van der Waals surface area contributed by atoms with E-state index in [1.165, 1.54) is 0 Å². The summed E-state index contributed by atoms with van der Waals surface area (Å²) < 4.78 is 3.40. The van der Waals surface area contributed by atoms with Gasteiger partial charge in [-0.2, -0.15) is 5.10 Å². The minimum atomic E-state index is 0.0549. The Balaban J connectivity index is 2.11. The second-order valence-electron chi connectivity index (χ2n) is 3.93. The lowest BCUT2D eigenvalue weighted by Gasteiger charge is -2.09. The average Bonchev–Trinajstić information content (AvgIpc) is 2.57. The van der Waals surface area contributed by atoms with Crippen LogP contribution in [0, 0.1) is 0 Å². The fourth-order valence-electron chi connectivity index (χ4n) is 1.95. The number of aryl methyl sites for hydroxylation is 2. The second-order valence-corrected chi connectivity index (χ2v) is 4.30. The average molecular weight is 230 g/mol. The lowest BCUT2D eigenvalue weighted by atomic mass is 10.2. The molecular weight excluding hydrogens is 214 g/mol. The normalized spacial score (nSPS) is 15.3. The van der Waals surface area contributed by atoms with E-state index in [4.69, 9.17) is 11.6 Å². The number of aromatic nitrogens is 3. The van der Waals surface area contributed by atoms with E-state index < -0.39 is 0 Å². The lowest BCUT2D eigenvalue weighted by Crippen LogP contribution is -2.27. The minimum Gasteiger partial charge on any atom is -0.279 e. The number of alkyl halides is 1. The van der Waals surface area contributed by atoms with Gasteiger partial charge in [0, 0.05) is 25.4 Å². The van der Waals surface area contributed by atoms with Crippen LogP contribution < -0.4 is 5.69 Å². The molecule has 0 atom stereocenters. The van der Waals surface area contributed by atoms with Crippen molar-refractivity contribution in [1.82, 2.24) is 14.3 Å². The fourth-order valence-corrected chi connectivity index (χ4v) is 2.14. The van der Waals surface area contributed by atoms with Crippen LogP contribution in [0.25, 0.3) is 0 Å². The predicted octanol–water partition coefficient (Wildman–Crippen LogP) is 1.40. The Labute approximate surface area is 93.8 Å². The molecule has 0 saturated carbocycles. The highest BCUT2D eigenvalue weighted by atomic mass is 35.5. The molecule has 1 aromatic rings. The molecule has 0 aromatic carbocycles. The second kappa shape index (κ2) is 4.84. The fraction of sp³-hybridized carbons (Fsp3) is 0.800. The number of rotatable bonds is 4. The zero-order valence-electron chi connectivity index (χ0n) is 8.78. The van der Waals surface area contributed by atoms with Crippen molar-refractivity contribution in [2.45, 2.75) is 45.2 Å². The quantitative estimate of drug-likeness (QED) is 0.579. The van der Waals surface area contributed by atoms with Gasteiger partial charge >= 0.3 is 5.69 Å². The van der Waals surface area contributed by atoms with Gasteiger partial charge in [0.2, 0.25) is 0 Å². The molecule has 15 heavy (non-hydrogen) atoms. The van der Waals surface area contributed by atoms with Crippen LogP contribution in [0.15, 0.2) is 4.79 Å². The first-order valence-corrected chi connectivity index (χ1v) is 6.09. The molecule has 0 fully saturated rings. The van der Waals surface area contributed by atoms with E-state index in [0.717, 1.165) is 44.5 Å². The molecule has 2 heterocycles. The molecule has 1 aromatic heterocycles. The first-order valence-electron chi connectivity index (χ1n) is 5.55. The predicted molar refractivity (Wildman–Crippen MR) is 59.4 cm³/mol. The molecule has 2 rings (SSSR count). The molecule has 0 saturated heterocycles. The standard InChI is InChI=1S/C10H16ClN3O/c11-6-2-4-8-14-10(15)13-7-3-1-5-9(13)12-14/h1-8H2. The Morgan fingerprint density at radius 1 is 1.33 bits per heavy atom. The van der Waals surface area contributed by atoms with Gasteiger partial charge in [0.15, 0.2) is 0 Å². The summed E-state index contributed by atoms with van der Waals surface area (Å²) in [4.78, 5) is 11.8. The molecule has 4 nitrogen and oxygen atoms in total. The Kier molecular flexibility index (Phi) is 3.46. The first kappa shape index (κ1) is 10.7. The number of nitrogens with zero attached hydrogens (tertiary/aromatic N) is 3. The van der Waals surface area contributed by atoms with Crippen LogP contribution in [0.2, 0.25) is 0 Å². The van der Waals surface area contributed by atoms with Gasteiger partial charge < -0.3 is 0 Å². The number of halogens is 1. The molecule has 0 aliphatic carbocycles. The summed E-state index contributed by atoms with van der Waals surface area (Å²) in [5.74, 6) is 1.61. The van der Waals surface area contributed by atoms with Crippen molar-refractivity contribution in [3.8, 4) is 0 Å². The molecular formula is C10H16ClN3O. The van der Waals surface area contributed by atoms with Gasteiger partial charge in [0.25, 0.3) is 0 Å². The molecule has 0 amide bonds. The molecule has 0 radical (unpaired) electrons. The Bertz CT molecular complexity index is 383. The van der Waals surface area contributed by atoms with Gasteiger partial charge in [-0.25, -0.2) is 9.48 Å². The summed E-state index contributed by atoms with van der Waals surface area (Å²) in [6, 6.07) is 0. The highest BCUT2D eigenvalue weighted by molar-refractivity contribution is 6.17. The number of hydrogen-bond donors (Lipinski definition) is 0. The van der Waals surface area contributed by atoms with E-state index in [9.17, 15) is 4.79 Å². The van der Waals surface area contributed by atoms with Gasteiger partial charge in [-0.05, 0) is 25.7 Å². The van der Waals surface area contributed by atoms with Gasteiger partial charge in [-0.15, -0.1) is 11.6 Å². The van der Waals surface area contributed by atoms with E-state index in [1.54, 1.807) is 4.68 Å². The van der Waals surface area contributed by atoms with Crippen molar-refractivity contribution in [2.24, 2.45) is 0 Å². The zero-order valence-corrected chi connectivity index (χ0v) is 9.54. The van der Waals surface area contributed by atoms with E-state index in [0.29, 0.717) is 12.4 Å². The van der Waals surface area contributed by atoms with E-state index in [-0.39, 0.29) is 5.69 Å². The summed E-state index contributed by atoms with van der Waals surface area (Å²) in [5, 5.41) is 4.35. The van der Waals surface area contributed by atoms with E-state index >= 15 is 0 Å². The summed E-state index contributed by atoms with van der Waals surface area (Å²) in [6.07, 6.45) is 5.06. The van der Waals surface area contributed by atoms with Crippen LogP contribution in [0.4, 0.5) is 0 Å². The summed E-state index contributed by atoms with van der Waals surface area (Å²) in [7, 11) is 0. The van der Waals surface area contributed by atoms with Crippen LogP contribution in [0.1, 0.15) is 31.5 Å². The molecule has 1 aliphatic heterocycles. The zero-order chi connectivity index (χ0) is 10.7. The van der Waals surface area contributed by atoms with Crippen LogP contribution in [-0.4, -0.2) is 20.2 Å². The van der Waals surface area contributed by atoms with Crippen molar-refractivity contribution in [1.29, 1.82) is 0 Å². The Hall–Kier alpha value is -0.770. The van der Waals surface area contributed by atoms with Crippen molar-refractivity contribution < 1.29 is 0 Å². The summed E-state index contributed by atoms with van der Waals surface area (Å²) >= 11 is 5.60. The van der Waals surface area contributed by atoms with Crippen molar-refractivity contribution in [3.63, 3.8) is 0 Å². The maximum atomic E-state index is 11.8. The SMILES string of the molecule is O=c1n(CCCCCl)nc2n1CCCC2. The maximum absolute atomic E-state index is 11.8. The van der Waals surface area contributed by atoms with E-state index in [2.05, 4.69) is 5.10 Å². The van der Waals surface area contributed by atoms with Gasteiger partial charge in [-0.1, -0.05) is 0 Å². The smallest absolute Gasteiger partial charge is 0.279 e. The van der Waals surface area contributed by atoms with Crippen LogP contribution in [0.5, 0.6) is 0 Å². The van der Waals surface area contributed by atoms with Crippen LogP contribution in [0.3, 0.4) is 0 Å². The van der Waals surface area contributed by atoms with Crippen molar-refractivity contribution in [3.05, 3.63) is 16.3 Å². The van der Waals surface area contributed by atoms with Crippen LogP contribution in [-0.2, 0) is 19.5 Å². The molecule has 0 unspecified atom stereocenters. The summed E-state index contributed by atoms with van der Waals surface area (Å²) in [5.41, 5.74) is 0.0549. The van der Waals surface area contributed by atoms with Gasteiger partial charge in [0.1, 0.15) is 5.82 Å². The van der Waals surface area contributed by atoms with Crippen molar-refractivity contribution in [2.75, 3.05) is 5.88 Å². The number of unbranched alkanes of at least 4 members (excludes halogenated alkanes) is 1. The Morgan fingerprint density at radius 2 is 2.20 bits per heavy atom. The third-order valence-electron chi connectivity index (χ3n) is 2.79. The lowest BCUT2D eigenvalue weighted by molar-refractivity contribution is 0.509.